The van der Waals surface area contributed by atoms with Gasteiger partial charge >= 0.3 is 12.1 Å². The molecule has 0 aromatic heterocycles. The number of aliphatic hydroxyl groups excluding tert-OH is 1. The molecule has 3 aromatic rings. The lowest BCUT2D eigenvalue weighted by atomic mass is 9.92. The molecule has 3 aromatic carbocycles. The first-order valence-corrected chi connectivity index (χ1v) is 25.6. The molecule has 1 saturated heterocycles. The monoisotopic (exact) mass is 858 g/mol. The topological polar surface area (TPSA) is 113 Å². The van der Waals surface area contributed by atoms with Gasteiger partial charge in [-0.2, -0.15) is 13.2 Å². The lowest BCUT2D eigenvalue weighted by Gasteiger charge is -2.43. The maximum absolute atomic E-state index is 14.8. The first-order valence-electron chi connectivity index (χ1n) is 19.9. The van der Waals surface area contributed by atoms with E-state index in [1.807, 2.05) is 12.1 Å². The zero-order valence-electron chi connectivity index (χ0n) is 35.7. The Morgan fingerprint density at radius 1 is 0.949 bits per heavy atom. The summed E-state index contributed by atoms with van der Waals surface area (Å²) in [6, 6.07) is 21.9. The molecule has 324 valence electrons. The Bertz CT molecular complexity index is 1820. The Kier molecular flexibility index (Phi) is 16.4. The van der Waals surface area contributed by atoms with Crippen molar-refractivity contribution in [1.82, 2.24) is 0 Å². The molecule has 0 spiro atoms. The molecule has 0 saturated carbocycles. The summed E-state index contributed by atoms with van der Waals surface area (Å²) in [6.07, 6.45) is -1.91. The molecule has 1 fully saturated rings. The van der Waals surface area contributed by atoms with Gasteiger partial charge in [0.05, 0.1) is 25.7 Å². The number of aliphatic hydroxyl groups is 1. The number of ether oxygens (including phenoxy) is 6. The van der Waals surface area contributed by atoms with Crippen molar-refractivity contribution in [2.75, 3.05) is 27.6 Å². The van der Waals surface area contributed by atoms with E-state index in [2.05, 4.69) is 19.6 Å². The number of carbonyl (C=O) groups is 1. The number of rotatable bonds is 20. The van der Waals surface area contributed by atoms with Crippen LogP contribution < -0.4 is 19.8 Å². The fraction of sp³-hybridized carbons (Fsp3) is 0.489. The van der Waals surface area contributed by atoms with Crippen molar-refractivity contribution in [2.45, 2.75) is 108 Å². The first-order chi connectivity index (χ1) is 27.6. The van der Waals surface area contributed by atoms with Crippen LogP contribution in [0.1, 0.15) is 62.9 Å². The molecule has 14 heteroatoms. The van der Waals surface area contributed by atoms with Crippen LogP contribution in [-0.2, 0) is 18.9 Å². The predicted molar refractivity (Wildman–Crippen MR) is 230 cm³/mol. The third-order valence-corrected chi connectivity index (χ3v) is 16.7. The van der Waals surface area contributed by atoms with Gasteiger partial charge in [-0.15, -0.1) is 0 Å². The van der Waals surface area contributed by atoms with Crippen molar-refractivity contribution < 1.29 is 56.3 Å². The lowest BCUT2D eigenvalue weighted by Crippen LogP contribution is -2.65. The van der Waals surface area contributed by atoms with Gasteiger partial charge < -0.3 is 38.3 Å². The van der Waals surface area contributed by atoms with E-state index in [4.69, 9.17) is 28.4 Å². The van der Waals surface area contributed by atoms with Gasteiger partial charge in [0, 0.05) is 21.3 Å². The largest absolute Gasteiger partial charge is 0.497 e. The number of allylic oxidation sites excluding steroid dienone is 1. The number of alkyl halides is 3. The third-order valence-electron chi connectivity index (χ3n) is 10.5. The van der Waals surface area contributed by atoms with Crippen molar-refractivity contribution in [2.24, 2.45) is 5.92 Å². The molecular formula is C45H61F3O9Si2. The fourth-order valence-electron chi connectivity index (χ4n) is 7.40. The van der Waals surface area contributed by atoms with E-state index >= 15 is 0 Å². The molecule has 0 amide bonds. The average Bonchev–Trinajstić information content (AvgIpc) is 3.49. The molecule has 0 aliphatic carbocycles. The highest BCUT2D eigenvalue weighted by atomic mass is 28.4. The summed E-state index contributed by atoms with van der Waals surface area (Å²) in [5, 5.41) is 11.5. The quantitative estimate of drug-likeness (QED) is 0.0500. The van der Waals surface area contributed by atoms with Gasteiger partial charge in [0.25, 0.3) is 8.32 Å². The number of carbonyl (C=O) groups excluding carboxylic acids is 1. The van der Waals surface area contributed by atoms with Crippen LogP contribution in [0.4, 0.5) is 13.2 Å². The maximum Gasteiger partial charge on any atom is 0.392 e. The standard InChI is InChI=1S/C45H61F3O9Si2/c1-43(2,59(51,35-20-12-10-13-21-35)36-22-14-11-15-23-36)30-33(45(46,47)48)19-17-24-37(49)41-38(56-44(3,4)57-41)25-16-18-32-28-34(53-6)29-39(55-31-52-5)40(32)42(50)54-26-27-58(7,8)9/h10-18,20-24,28-29,33,37-38,41,49,51H,19,25-27,30-31H2,1-9H3/b18-16+,24-17-/t33?,37?,38-,41+/m0/s1. The van der Waals surface area contributed by atoms with Crippen molar-refractivity contribution in [3.05, 3.63) is 102 Å². The van der Waals surface area contributed by atoms with E-state index in [1.165, 1.54) is 26.4 Å². The van der Waals surface area contributed by atoms with Gasteiger partial charge in [-0.05, 0) is 66.2 Å². The molecule has 4 rings (SSSR count). The summed E-state index contributed by atoms with van der Waals surface area (Å²) in [4.78, 5) is 26.0. The number of esters is 1. The van der Waals surface area contributed by atoms with Crippen molar-refractivity contribution in [3.8, 4) is 11.5 Å². The maximum atomic E-state index is 14.8. The van der Waals surface area contributed by atoms with Crippen LogP contribution in [0.2, 0.25) is 30.7 Å². The van der Waals surface area contributed by atoms with Gasteiger partial charge in [-0.1, -0.05) is 118 Å². The van der Waals surface area contributed by atoms with E-state index in [-0.39, 0.29) is 37.6 Å². The summed E-state index contributed by atoms with van der Waals surface area (Å²) in [5.41, 5.74) is 0.647. The fourth-order valence-corrected chi connectivity index (χ4v) is 11.9. The first kappa shape index (κ1) is 47.9. The van der Waals surface area contributed by atoms with Gasteiger partial charge in [-0.25, -0.2) is 4.79 Å². The molecule has 0 radical (unpaired) electrons. The van der Waals surface area contributed by atoms with Gasteiger partial charge in [0.2, 0.25) is 0 Å². The highest BCUT2D eigenvalue weighted by Gasteiger charge is 2.54. The molecule has 1 aliphatic rings. The molecule has 2 unspecified atom stereocenters. The van der Waals surface area contributed by atoms with Crippen LogP contribution in [0.15, 0.2) is 91.0 Å². The molecule has 0 bridgehead atoms. The number of hydrogen-bond donors (Lipinski definition) is 2. The van der Waals surface area contributed by atoms with Crippen LogP contribution in [0.5, 0.6) is 11.5 Å². The molecular weight excluding hydrogens is 798 g/mol. The summed E-state index contributed by atoms with van der Waals surface area (Å²) in [6.45, 7) is 13.5. The molecule has 4 atom stereocenters. The second-order valence-electron chi connectivity index (χ2n) is 17.3. The Labute approximate surface area is 349 Å². The van der Waals surface area contributed by atoms with Crippen LogP contribution in [-0.4, -0.2) is 90.2 Å². The van der Waals surface area contributed by atoms with Gasteiger partial charge in [0.1, 0.15) is 29.3 Å². The van der Waals surface area contributed by atoms with Gasteiger partial charge in [-0.3, -0.25) is 0 Å². The highest BCUT2D eigenvalue weighted by Crippen LogP contribution is 2.47. The number of hydrogen-bond acceptors (Lipinski definition) is 9. The minimum atomic E-state index is -4.58. The Hall–Kier alpha value is -3.77. The summed E-state index contributed by atoms with van der Waals surface area (Å²) in [7, 11) is -2.24. The lowest BCUT2D eigenvalue weighted by molar-refractivity contribution is -0.177. The zero-order valence-corrected chi connectivity index (χ0v) is 37.7. The third kappa shape index (κ3) is 12.9. The number of benzene rings is 3. The van der Waals surface area contributed by atoms with Crippen LogP contribution in [0, 0.1) is 5.92 Å². The number of methoxy groups -OCH3 is 2. The minimum absolute atomic E-state index is 0.117. The van der Waals surface area contributed by atoms with Crippen LogP contribution >= 0.6 is 0 Å². The number of halogens is 3. The van der Waals surface area contributed by atoms with Gasteiger partial charge in [0.15, 0.2) is 12.6 Å². The SMILES string of the molecule is COCOc1cc(OC)cc(/C=C/C[C@@H]2OC(C)(C)O[C@@H]2C(O)/C=C\CC(CC(C)(C)[Si](O)(c2ccccc2)c2ccccc2)C(F)(F)F)c1C(=O)OCC[Si](C)(C)C. The molecule has 9 nitrogen and oxygen atoms in total. The zero-order chi connectivity index (χ0) is 43.6. The molecule has 2 N–H and O–H groups in total. The predicted octanol–water partition coefficient (Wildman–Crippen LogP) is 8.50. The van der Waals surface area contributed by atoms with E-state index in [1.54, 1.807) is 101 Å². The Morgan fingerprint density at radius 2 is 1.56 bits per heavy atom. The Morgan fingerprint density at radius 3 is 2.10 bits per heavy atom. The molecule has 1 heterocycles. The van der Waals surface area contributed by atoms with E-state index in [0.717, 1.165) is 6.04 Å². The van der Waals surface area contributed by atoms with E-state index in [0.29, 0.717) is 21.7 Å². The summed E-state index contributed by atoms with van der Waals surface area (Å²) >= 11 is 0. The second kappa shape index (κ2) is 20.2. The average molecular weight is 859 g/mol. The van der Waals surface area contributed by atoms with Crippen molar-refractivity contribution in [1.29, 1.82) is 0 Å². The summed E-state index contributed by atoms with van der Waals surface area (Å²) < 4.78 is 78.6. The van der Waals surface area contributed by atoms with E-state index < -0.39 is 70.0 Å². The van der Waals surface area contributed by atoms with Crippen molar-refractivity contribution in [3.63, 3.8) is 0 Å². The minimum Gasteiger partial charge on any atom is -0.497 e. The Balaban J connectivity index is 1.54. The van der Waals surface area contributed by atoms with Crippen molar-refractivity contribution >= 4 is 38.8 Å². The van der Waals surface area contributed by atoms with E-state index in [9.17, 15) is 27.9 Å². The molecule has 59 heavy (non-hydrogen) atoms. The smallest absolute Gasteiger partial charge is 0.392 e. The summed E-state index contributed by atoms with van der Waals surface area (Å²) in [5.74, 6) is -2.81. The highest BCUT2D eigenvalue weighted by molar-refractivity contribution is 6.98. The second-order valence-corrected chi connectivity index (χ2v) is 26.8. The normalized spacial score (nSPS) is 18.6. The molecule has 1 aliphatic heterocycles. The van der Waals surface area contributed by atoms with Crippen LogP contribution in [0.25, 0.3) is 6.08 Å². The van der Waals surface area contributed by atoms with Crippen LogP contribution in [0.3, 0.4) is 0 Å².